The molecule has 0 aliphatic heterocycles. The molecule has 0 fully saturated rings. The highest BCUT2D eigenvalue weighted by molar-refractivity contribution is 5.78. The number of primary amides is 1. The summed E-state index contributed by atoms with van der Waals surface area (Å²) in [5, 5.41) is 0. The van der Waals surface area contributed by atoms with E-state index in [1.165, 1.54) is 122 Å². The lowest BCUT2D eigenvalue weighted by Crippen LogP contribution is -2.21. The first-order valence-electron chi connectivity index (χ1n) is 17.6. The summed E-state index contributed by atoms with van der Waals surface area (Å²) in [5.74, 6) is -0.246. The van der Waals surface area contributed by atoms with Crippen LogP contribution < -0.4 is 5.73 Å². The number of carbonyl (C=O) groups excluding carboxylic acids is 1. The molecule has 1 atom stereocenters. The van der Waals surface area contributed by atoms with Gasteiger partial charge in [0, 0.05) is 0 Å². The minimum absolute atomic E-state index is 0.0834. The Morgan fingerprint density at radius 1 is 0.500 bits per heavy atom. The van der Waals surface area contributed by atoms with E-state index in [2.05, 4.69) is 62.5 Å². The average Bonchev–Trinajstić information content (AvgIpc) is 2.95. The molecule has 0 saturated heterocycles. The quantitative estimate of drug-likeness (QED) is 0.0670. The van der Waals surface area contributed by atoms with Gasteiger partial charge in [-0.3, -0.25) is 4.79 Å². The van der Waals surface area contributed by atoms with Crippen molar-refractivity contribution in [3.8, 4) is 0 Å². The fourth-order valence-electron chi connectivity index (χ4n) is 5.21. The predicted octanol–water partition coefficient (Wildman–Crippen LogP) is 12.5. The molecule has 2 N–H and O–H groups in total. The zero-order valence-electron chi connectivity index (χ0n) is 27.1. The number of carbonyl (C=O) groups is 1. The summed E-state index contributed by atoms with van der Waals surface area (Å²) in [6, 6.07) is 0. The molecule has 0 rings (SSSR count). The van der Waals surface area contributed by atoms with Gasteiger partial charge in [-0.25, -0.2) is 0 Å². The molecule has 0 radical (unpaired) electrons. The number of hydrogen-bond acceptors (Lipinski definition) is 1. The Bertz CT molecular complexity index is 629. The van der Waals surface area contributed by atoms with Gasteiger partial charge < -0.3 is 5.73 Å². The molecule has 0 saturated carbocycles. The van der Waals surface area contributed by atoms with Crippen molar-refractivity contribution in [3.05, 3.63) is 48.6 Å². The van der Waals surface area contributed by atoms with Crippen molar-refractivity contribution >= 4 is 5.91 Å². The molecular formula is C38H69NO. The summed E-state index contributed by atoms with van der Waals surface area (Å²) in [6.07, 6.45) is 51.3. The van der Waals surface area contributed by atoms with Crippen LogP contribution >= 0.6 is 0 Å². The van der Waals surface area contributed by atoms with Crippen LogP contribution in [0.1, 0.15) is 181 Å². The van der Waals surface area contributed by atoms with E-state index in [-0.39, 0.29) is 11.8 Å². The highest BCUT2D eigenvalue weighted by atomic mass is 16.1. The van der Waals surface area contributed by atoms with Crippen LogP contribution in [0, 0.1) is 5.92 Å². The maximum absolute atomic E-state index is 11.8. The normalized spacial score (nSPS) is 13.1. The third-order valence-corrected chi connectivity index (χ3v) is 7.87. The van der Waals surface area contributed by atoms with E-state index < -0.39 is 0 Å². The van der Waals surface area contributed by atoms with Crippen molar-refractivity contribution in [2.24, 2.45) is 11.7 Å². The van der Waals surface area contributed by atoms with Gasteiger partial charge in [0.1, 0.15) is 0 Å². The van der Waals surface area contributed by atoms with Gasteiger partial charge in [-0.05, 0) is 51.4 Å². The number of rotatable bonds is 31. The lowest BCUT2D eigenvalue weighted by atomic mass is 9.98. The zero-order chi connectivity index (χ0) is 29.2. The van der Waals surface area contributed by atoms with Crippen LogP contribution in [0.2, 0.25) is 0 Å². The zero-order valence-corrected chi connectivity index (χ0v) is 27.1. The number of amides is 1. The molecule has 0 aliphatic carbocycles. The maximum atomic E-state index is 11.8. The molecular weight excluding hydrogens is 486 g/mol. The van der Waals surface area contributed by atoms with E-state index >= 15 is 0 Å². The van der Waals surface area contributed by atoms with Gasteiger partial charge in [-0.15, -0.1) is 0 Å². The van der Waals surface area contributed by atoms with Crippen molar-refractivity contribution < 1.29 is 4.79 Å². The number of unbranched alkanes of at least 4 members (excludes halogenated alkanes) is 20. The molecule has 2 heteroatoms. The van der Waals surface area contributed by atoms with Crippen LogP contribution in [0.5, 0.6) is 0 Å². The number of hydrogen-bond donors (Lipinski definition) is 1. The predicted molar refractivity (Wildman–Crippen MR) is 181 cm³/mol. The van der Waals surface area contributed by atoms with Crippen molar-refractivity contribution in [1.82, 2.24) is 0 Å². The van der Waals surface area contributed by atoms with Crippen LogP contribution in [-0.2, 0) is 4.79 Å². The molecule has 40 heavy (non-hydrogen) atoms. The lowest BCUT2D eigenvalue weighted by molar-refractivity contribution is -0.120. The summed E-state index contributed by atoms with van der Waals surface area (Å²) < 4.78 is 0. The Kier molecular flexibility index (Phi) is 32.3. The topological polar surface area (TPSA) is 43.1 Å². The first kappa shape index (κ1) is 38.4. The third-order valence-electron chi connectivity index (χ3n) is 7.87. The number of nitrogens with two attached hydrogens (primary N) is 1. The molecule has 0 bridgehead atoms. The monoisotopic (exact) mass is 556 g/mol. The molecule has 1 amide bonds. The summed E-state index contributed by atoms with van der Waals surface area (Å²) in [4.78, 5) is 11.8. The lowest BCUT2D eigenvalue weighted by Gasteiger charge is -2.08. The molecule has 2 nitrogen and oxygen atoms in total. The standard InChI is InChI=1S/C38H69NO/c1-3-5-7-9-11-13-15-17-19-20-21-22-24-26-28-30-32-34-36-37(38(39)40)35-33-31-29-27-25-23-18-16-14-12-10-8-6-4-2/h6,8,12,14,18,23,34,36-37H,3-5,7,9-11,13,15-17,19-22,24-33,35H2,1-2H3,(H2,39,40)/b8-6-,14-12-,23-18-,36-34+. The highest BCUT2D eigenvalue weighted by Gasteiger charge is 2.10. The number of allylic oxidation sites excluding steroid dienone is 7. The second-order valence-electron chi connectivity index (χ2n) is 11.8. The van der Waals surface area contributed by atoms with Gasteiger partial charge in [-0.2, -0.15) is 0 Å². The first-order valence-corrected chi connectivity index (χ1v) is 17.6. The maximum Gasteiger partial charge on any atom is 0.224 e. The van der Waals surface area contributed by atoms with E-state index in [4.69, 9.17) is 5.73 Å². The highest BCUT2D eigenvalue weighted by Crippen LogP contribution is 2.16. The van der Waals surface area contributed by atoms with Gasteiger partial charge in [0.25, 0.3) is 0 Å². The Morgan fingerprint density at radius 3 is 1.38 bits per heavy atom. The average molecular weight is 556 g/mol. The van der Waals surface area contributed by atoms with Crippen LogP contribution in [-0.4, -0.2) is 5.91 Å². The van der Waals surface area contributed by atoms with E-state index in [0.717, 1.165) is 44.9 Å². The van der Waals surface area contributed by atoms with E-state index in [1.807, 2.05) is 0 Å². The van der Waals surface area contributed by atoms with Gasteiger partial charge in [0.05, 0.1) is 5.92 Å². The fraction of sp³-hybridized carbons (Fsp3) is 0.763. The van der Waals surface area contributed by atoms with Crippen LogP contribution in [0.4, 0.5) is 0 Å². The van der Waals surface area contributed by atoms with E-state index in [1.54, 1.807) is 0 Å². The van der Waals surface area contributed by atoms with Crippen molar-refractivity contribution in [3.63, 3.8) is 0 Å². The van der Waals surface area contributed by atoms with E-state index in [9.17, 15) is 4.79 Å². The smallest absolute Gasteiger partial charge is 0.224 e. The van der Waals surface area contributed by atoms with Crippen LogP contribution in [0.3, 0.4) is 0 Å². The summed E-state index contributed by atoms with van der Waals surface area (Å²) in [7, 11) is 0. The largest absolute Gasteiger partial charge is 0.369 e. The molecule has 0 aliphatic rings. The van der Waals surface area contributed by atoms with Crippen molar-refractivity contribution in [2.75, 3.05) is 0 Å². The van der Waals surface area contributed by atoms with Gasteiger partial charge >= 0.3 is 0 Å². The van der Waals surface area contributed by atoms with Crippen LogP contribution in [0.15, 0.2) is 48.6 Å². The first-order chi connectivity index (χ1) is 19.7. The fourth-order valence-corrected chi connectivity index (χ4v) is 5.21. The third kappa shape index (κ3) is 31.0. The minimum Gasteiger partial charge on any atom is -0.369 e. The summed E-state index contributed by atoms with van der Waals surface area (Å²) in [5.41, 5.74) is 5.66. The van der Waals surface area contributed by atoms with Crippen molar-refractivity contribution in [1.29, 1.82) is 0 Å². The Hall–Kier alpha value is -1.57. The molecule has 0 aromatic carbocycles. The second-order valence-corrected chi connectivity index (χ2v) is 11.8. The van der Waals surface area contributed by atoms with Crippen molar-refractivity contribution in [2.45, 2.75) is 181 Å². The SMILES string of the molecule is CC/C=C\C/C=C\C/C=C\CCCCCCC(/C=C/CCCCCCCCCCCCCCCCCC)C(N)=O. The molecule has 0 aromatic rings. The second kappa shape index (κ2) is 33.6. The Labute approximate surface area is 251 Å². The molecule has 0 spiro atoms. The van der Waals surface area contributed by atoms with Crippen LogP contribution in [0.25, 0.3) is 0 Å². The molecule has 0 aromatic heterocycles. The summed E-state index contributed by atoms with van der Waals surface area (Å²) >= 11 is 0. The molecule has 0 heterocycles. The van der Waals surface area contributed by atoms with Gasteiger partial charge in [-0.1, -0.05) is 178 Å². The van der Waals surface area contributed by atoms with Gasteiger partial charge in [0.15, 0.2) is 0 Å². The minimum atomic E-state index is -0.163. The summed E-state index contributed by atoms with van der Waals surface area (Å²) in [6.45, 7) is 4.46. The Morgan fingerprint density at radius 2 is 0.900 bits per heavy atom. The van der Waals surface area contributed by atoms with E-state index in [0.29, 0.717) is 0 Å². The molecule has 1 unspecified atom stereocenters. The molecule has 232 valence electrons. The van der Waals surface area contributed by atoms with Gasteiger partial charge in [0.2, 0.25) is 5.91 Å². The Balaban J connectivity index is 3.55.